The SMILES string of the molecule is CCCC1C(C)C(=O)C(=O)C(C)C1CCC. The maximum Gasteiger partial charge on any atom is 0.201 e. The van der Waals surface area contributed by atoms with Crippen LogP contribution in [0.1, 0.15) is 53.4 Å². The molecule has 16 heavy (non-hydrogen) atoms. The molecule has 0 radical (unpaired) electrons. The fourth-order valence-corrected chi connectivity index (χ4v) is 3.17. The van der Waals surface area contributed by atoms with E-state index in [4.69, 9.17) is 0 Å². The van der Waals surface area contributed by atoms with Gasteiger partial charge in [0, 0.05) is 11.8 Å². The largest absolute Gasteiger partial charge is 0.291 e. The first-order valence-corrected chi connectivity index (χ1v) is 6.62. The minimum atomic E-state index is -0.127. The van der Waals surface area contributed by atoms with E-state index < -0.39 is 0 Å². The summed E-state index contributed by atoms with van der Waals surface area (Å²) in [5.41, 5.74) is 0. The Morgan fingerprint density at radius 3 is 1.38 bits per heavy atom. The molecule has 0 aliphatic heterocycles. The highest BCUT2D eigenvalue weighted by molar-refractivity contribution is 6.39. The fraction of sp³-hybridized carbons (Fsp3) is 0.857. The Morgan fingerprint density at radius 2 is 1.12 bits per heavy atom. The van der Waals surface area contributed by atoms with Crippen LogP contribution in [-0.2, 0) is 9.59 Å². The van der Waals surface area contributed by atoms with Gasteiger partial charge in [-0.2, -0.15) is 0 Å². The predicted molar refractivity (Wildman–Crippen MR) is 65.1 cm³/mol. The van der Waals surface area contributed by atoms with Gasteiger partial charge in [0.05, 0.1) is 0 Å². The van der Waals surface area contributed by atoms with Gasteiger partial charge in [-0.3, -0.25) is 9.59 Å². The van der Waals surface area contributed by atoms with Gasteiger partial charge in [-0.1, -0.05) is 40.5 Å². The zero-order valence-electron chi connectivity index (χ0n) is 11.0. The van der Waals surface area contributed by atoms with E-state index in [1.807, 2.05) is 13.8 Å². The number of ketones is 2. The van der Waals surface area contributed by atoms with Crippen LogP contribution in [0.25, 0.3) is 0 Å². The minimum Gasteiger partial charge on any atom is -0.291 e. The van der Waals surface area contributed by atoms with Crippen LogP contribution in [0.3, 0.4) is 0 Å². The van der Waals surface area contributed by atoms with E-state index in [9.17, 15) is 9.59 Å². The Morgan fingerprint density at radius 1 is 0.812 bits per heavy atom. The van der Waals surface area contributed by atoms with Crippen molar-refractivity contribution in [2.24, 2.45) is 23.7 Å². The summed E-state index contributed by atoms with van der Waals surface area (Å²) in [6.07, 6.45) is 4.36. The molecule has 1 rings (SSSR count). The van der Waals surface area contributed by atoms with E-state index in [-0.39, 0.29) is 23.4 Å². The highest BCUT2D eigenvalue weighted by atomic mass is 16.2. The molecule has 0 heterocycles. The molecular weight excluding hydrogens is 200 g/mol. The highest BCUT2D eigenvalue weighted by Gasteiger charge is 2.44. The molecule has 0 aromatic heterocycles. The minimum absolute atomic E-state index is 0.0554. The van der Waals surface area contributed by atoms with E-state index in [1.165, 1.54) is 0 Å². The summed E-state index contributed by atoms with van der Waals surface area (Å²) in [5, 5.41) is 0. The van der Waals surface area contributed by atoms with Crippen molar-refractivity contribution < 1.29 is 9.59 Å². The Bertz CT molecular complexity index is 242. The van der Waals surface area contributed by atoms with E-state index in [1.54, 1.807) is 0 Å². The summed E-state index contributed by atoms with van der Waals surface area (Å²) in [7, 11) is 0. The van der Waals surface area contributed by atoms with Gasteiger partial charge in [-0.25, -0.2) is 0 Å². The zero-order chi connectivity index (χ0) is 12.3. The first kappa shape index (κ1) is 13.4. The van der Waals surface area contributed by atoms with Crippen molar-refractivity contribution in [1.82, 2.24) is 0 Å². The molecule has 2 nitrogen and oxygen atoms in total. The smallest absolute Gasteiger partial charge is 0.201 e. The van der Waals surface area contributed by atoms with Gasteiger partial charge in [-0.15, -0.1) is 0 Å². The number of Topliss-reactive ketones (excluding diaryl/α,β-unsaturated/α-hetero) is 2. The first-order valence-electron chi connectivity index (χ1n) is 6.62. The van der Waals surface area contributed by atoms with E-state index in [0.717, 1.165) is 25.7 Å². The number of carbonyl (C=O) groups excluding carboxylic acids is 2. The second kappa shape index (κ2) is 5.60. The molecule has 0 amide bonds. The molecule has 0 bridgehead atoms. The van der Waals surface area contributed by atoms with Crippen LogP contribution >= 0.6 is 0 Å². The van der Waals surface area contributed by atoms with Gasteiger partial charge in [0.1, 0.15) is 0 Å². The molecule has 0 aromatic rings. The molecule has 0 saturated heterocycles. The molecular formula is C14H24O2. The average Bonchev–Trinajstić information content (AvgIpc) is 2.28. The van der Waals surface area contributed by atoms with Crippen molar-refractivity contribution in [2.75, 3.05) is 0 Å². The lowest BCUT2D eigenvalue weighted by Gasteiger charge is -2.38. The Labute approximate surface area is 98.8 Å². The summed E-state index contributed by atoms with van der Waals surface area (Å²) in [5.74, 6) is 0.479. The van der Waals surface area contributed by atoms with Crippen LogP contribution in [0, 0.1) is 23.7 Å². The third kappa shape index (κ3) is 2.36. The Hall–Kier alpha value is -0.660. The topological polar surface area (TPSA) is 34.1 Å². The number of carbonyl (C=O) groups is 2. The second-order valence-electron chi connectivity index (χ2n) is 5.21. The summed E-state index contributed by atoms with van der Waals surface area (Å²) in [4.78, 5) is 23.6. The van der Waals surface area contributed by atoms with Crippen molar-refractivity contribution in [3.63, 3.8) is 0 Å². The van der Waals surface area contributed by atoms with Crippen LogP contribution in [-0.4, -0.2) is 11.6 Å². The standard InChI is InChI=1S/C14H24O2/c1-5-7-11-9(3)13(15)14(16)10(4)12(11)8-6-2/h9-12H,5-8H2,1-4H3. The van der Waals surface area contributed by atoms with Gasteiger partial charge in [0.15, 0.2) is 0 Å². The molecule has 1 fully saturated rings. The molecule has 1 aliphatic rings. The Balaban J connectivity index is 2.91. The lowest BCUT2D eigenvalue weighted by Crippen LogP contribution is -2.45. The van der Waals surface area contributed by atoms with Crippen molar-refractivity contribution in [3.05, 3.63) is 0 Å². The van der Waals surface area contributed by atoms with Crippen molar-refractivity contribution in [2.45, 2.75) is 53.4 Å². The first-order chi connectivity index (χ1) is 7.54. The summed E-state index contributed by atoms with van der Waals surface area (Å²) >= 11 is 0. The third-order valence-electron chi connectivity index (χ3n) is 4.15. The third-order valence-corrected chi connectivity index (χ3v) is 4.15. The van der Waals surface area contributed by atoms with Crippen LogP contribution in [0.4, 0.5) is 0 Å². The van der Waals surface area contributed by atoms with Crippen molar-refractivity contribution in [1.29, 1.82) is 0 Å². The molecule has 0 aromatic carbocycles. The van der Waals surface area contributed by atoms with Gasteiger partial charge in [-0.05, 0) is 24.7 Å². The quantitative estimate of drug-likeness (QED) is 0.687. The van der Waals surface area contributed by atoms with Gasteiger partial charge >= 0.3 is 0 Å². The number of hydrogen-bond donors (Lipinski definition) is 0. The predicted octanol–water partition coefficient (Wildman–Crippen LogP) is 3.24. The summed E-state index contributed by atoms with van der Waals surface area (Å²) < 4.78 is 0. The highest BCUT2D eigenvalue weighted by Crippen LogP contribution is 2.40. The number of rotatable bonds is 4. The monoisotopic (exact) mass is 224 g/mol. The lowest BCUT2D eigenvalue weighted by atomic mass is 9.63. The zero-order valence-corrected chi connectivity index (χ0v) is 11.0. The van der Waals surface area contributed by atoms with Crippen molar-refractivity contribution >= 4 is 11.6 Å². The molecule has 0 N–H and O–H groups in total. The summed E-state index contributed by atoms with van der Waals surface area (Å²) in [6, 6.07) is 0. The maximum atomic E-state index is 11.8. The van der Waals surface area contributed by atoms with Gasteiger partial charge in [0.25, 0.3) is 0 Å². The summed E-state index contributed by atoms with van der Waals surface area (Å²) in [6.45, 7) is 8.19. The average molecular weight is 224 g/mol. The normalized spacial score (nSPS) is 35.5. The van der Waals surface area contributed by atoms with Crippen LogP contribution in [0.2, 0.25) is 0 Å². The molecule has 4 unspecified atom stereocenters. The maximum absolute atomic E-state index is 11.8. The van der Waals surface area contributed by atoms with Gasteiger partial charge < -0.3 is 0 Å². The van der Waals surface area contributed by atoms with Gasteiger partial charge in [0.2, 0.25) is 11.6 Å². The molecule has 92 valence electrons. The van der Waals surface area contributed by atoms with Crippen LogP contribution < -0.4 is 0 Å². The van der Waals surface area contributed by atoms with Crippen LogP contribution in [0.5, 0.6) is 0 Å². The van der Waals surface area contributed by atoms with E-state index >= 15 is 0 Å². The molecule has 0 spiro atoms. The molecule has 2 heteroatoms. The molecule has 4 atom stereocenters. The van der Waals surface area contributed by atoms with E-state index in [2.05, 4.69) is 13.8 Å². The molecule has 1 saturated carbocycles. The lowest BCUT2D eigenvalue weighted by molar-refractivity contribution is -0.148. The van der Waals surface area contributed by atoms with Crippen LogP contribution in [0.15, 0.2) is 0 Å². The fourth-order valence-electron chi connectivity index (χ4n) is 3.17. The second-order valence-corrected chi connectivity index (χ2v) is 5.21. The van der Waals surface area contributed by atoms with Crippen molar-refractivity contribution in [3.8, 4) is 0 Å². The number of hydrogen-bond acceptors (Lipinski definition) is 2. The molecule has 1 aliphatic carbocycles. The Kier molecular flexibility index (Phi) is 4.69. The van der Waals surface area contributed by atoms with E-state index in [0.29, 0.717) is 11.8 Å².